The van der Waals surface area contributed by atoms with Gasteiger partial charge in [-0.3, -0.25) is 4.79 Å². The quantitative estimate of drug-likeness (QED) is 0.229. The number of hydrogen-bond acceptors (Lipinski definition) is 8. The molecule has 1 aliphatic rings. The molecule has 10 nitrogen and oxygen atoms in total. The summed E-state index contributed by atoms with van der Waals surface area (Å²) in [5.41, 5.74) is 0.472. The number of aromatic nitrogens is 3. The molecule has 0 bridgehead atoms. The lowest BCUT2D eigenvalue weighted by Crippen LogP contribution is -2.56. The number of rotatable bonds is 16. The third kappa shape index (κ3) is 9.29. The summed E-state index contributed by atoms with van der Waals surface area (Å²) in [5.74, 6) is -0.0479. The number of aliphatic hydroxyl groups excluding tert-OH is 4. The number of nitrogens with one attached hydrogen (secondary N) is 1. The molecule has 2 rings (SSSR count). The van der Waals surface area contributed by atoms with E-state index < -0.39 is 37.3 Å². The first-order valence-electron chi connectivity index (χ1n) is 12.5. The van der Waals surface area contributed by atoms with Crippen LogP contribution in [0.2, 0.25) is 0 Å². The van der Waals surface area contributed by atoms with Crippen molar-refractivity contribution in [2.75, 3.05) is 6.61 Å². The van der Waals surface area contributed by atoms with Crippen LogP contribution in [-0.4, -0.2) is 72.3 Å². The summed E-state index contributed by atoms with van der Waals surface area (Å²) in [6, 6.07) is 0. The molecule has 0 spiro atoms. The average molecular weight is 471 g/mol. The molecule has 5 atom stereocenters. The highest BCUT2D eigenvalue weighted by Gasteiger charge is 2.44. The molecule has 0 saturated carbocycles. The van der Waals surface area contributed by atoms with Gasteiger partial charge in [-0.25, -0.2) is 4.68 Å². The van der Waals surface area contributed by atoms with E-state index in [1.807, 2.05) is 0 Å². The molecule has 5 N–H and O–H groups in total. The van der Waals surface area contributed by atoms with Gasteiger partial charge in [0.05, 0.1) is 19.3 Å². The Hall–Kier alpha value is -1.59. The van der Waals surface area contributed by atoms with E-state index in [1.54, 1.807) is 0 Å². The predicted octanol–water partition coefficient (Wildman–Crippen LogP) is 1.57. The molecule has 190 valence electrons. The first kappa shape index (κ1) is 27.7. The van der Waals surface area contributed by atoms with Crippen LogP contribution >= 0.6 is 0 Å². The second-order valence-corrected chi connectivity index (χ2v) is 8.97. The van der Waals surface area contributed by atoms with Crippen molar-refractivity contribution in [3.63, 3.8) is 0 Å². The van der Waals surface area contributed by atoms with Crippen molar-refractivity contribution < 1.29 is 30.0 Å². The van der Waals surface area contributed by atoms with E-state index in [1.165, 1.54) is 62.2 Å². The highest BCUT2D eigenvalue weighted by Crippen LogP contribution is 2.27. The van der Waals surface area contributed by atoms with E-state index in [2.05, 4.69) is 22.6 Å². The summed E-state index contributed by atoms with van der Waals surface area (Å²) in [6.45, 7) is 1.91. The minimum absolute atomic E-state index is 0.0479. The number of amides is 1. The maximum Gasteiger partial charge on any atom is 0.220 e. The average Bonchev–Trinajstić information content (AvgIpc) is 3.28. The molecular weight excluding hydrogens is 428 g/mol. The molecule has 0 aliphatic carbocycles. The monoisotopic (exact) mass is 470 g/mol. The molecule has 1 aliphatic heterocycles. The molecule has 33 heavy (non-hydrogen) atoms. The fourth-order valence-corrected chi connectivity index (χ4v) is 4.05. The molecule has 1 fully saturated rings. The SMILES string of the molecule is CCCCCCCCCCCCCC(=O)NCc1cn([C@@H]2O[C@H](CO)[C@@H](O)[C@H](O)[C@H]2O)nn1. The summed E-state index contributed by atoms with van der Waals surface area (Å²) < 4.78 is 6.66. The lowest BCUT2D eigenvalue weighted by atomic mass is 9.98. The molecule has 0 unspecified atom stereocenters. The van der Waals surface area contributed by atoms with Crippen LogP contribution in [0.4, 0.5) is 0 Å². The van der Waals surface area contributed by atoms with Gasteiger partial charge in [0.1, 0.15) is 30.1 Å². The number of aliphatic hydroxyl groups is 4. The van der Waals surface area contributed by atoms with Gasteiger partial charge in [0.2, 0.25) is 5.91 Å². The van der Waals surface area contributed by atoms with Crippen molar-refractivity contribution in [1.29, 1.82) is 0 Å². The Balaban J connectivity index is 1.59. The van der Waals surface area contributed by atoms with Crippen molar-refractivity contribution >= 4 is 5.91 Å². The first-order chi connectivity index (χ1) is 16.0. The van der Waals surface area contributed by atoms with Gasteiger partial charge in [-0.2, -0.15) is 0 Å². The van der Waals surface area contributed by atoms with E-state index in [0.29, 0.717) is 12.1 Å². The fourth-order valence-electron chi connectivity index (χ4n) is 4.05. The zero-order valence-corrected chi connectivity index (χ0v) is 19.8. The number of carbonyl (C=O) groups is 1. The second-order valence-electron chi connectivity index (χ2n) is 8.97. The standard InChI is InChI=1S/C23H42N4O6/c1-2-3-4-5-6-7-8-9-10-11-12-13-19(29)24-14-17-15-27(26-25-17)23-22(32)21(31)20(30)18(16-28)33-23/h15,18,20-23,28,30-32H,2-14,16H2,1H3,(H,24,29)/t18-,20-,21+,22-,23-/m1/s1. The molecule has 10 heteroatoms. The van der Waals surface area contributed by atoms with Crippen LogP contribution in [0, 0.1) is 0 Å². The lowest BCUT2D eigenvalue weighted by Gasteiger charge is -2.39. The van der Waals surface area contributed by atoms with Gasteiger partial charge in [-0.05, 0) is 6.42 Å². The molecule has 1 amide bonds. The van der Waals surface area contributed by atoms with Crippen molar-refractivity contribution in [3.05, 3.63) is 11.9 Å². The van der Waals surface area contributed by atoms with E-state index in [4.69, 9.17) is 4.74 Å². The molecule has 0 radical (unpaired) electrons. The van der Waals surface area contributed by atoms with Gasteiger partial charge in [0.25, 0.3) is 0 Å². The summed E-state index contributed by atoms with van der Waals surface area (Å²) >= 11 is 0. The zero-order chi connectivity index (χ0) is 24.1. The summed E-state index contributed by atoms with van der Waals surface area (Å²) in [6.07, 6.45) is 9.07. The Morgan fingerprint density at radius 3 is 2.18 bits per heavy atom. The number of carbonyl (C=O) groups excluding carboxylic acids is 1. The van der Waals surface area contributed by atoms with Crippen LogP contribution in [-0.2, 0) is 16.1 Å². The van der Waals surface area contributed by atoms with Gasteiger partial charge in [0.15, 0.2) is 6.23 Å². The minimum atomic E-state index is -1.49. The highest BCUT2D eigenvalue weighted by molar-refractivity contribution is 5.75. The first-order valence-corrected chi connectivity index (χ1v) is 12.5. The third-order valence-electron chi connectivity index (χ3n) is 6.16. The zero-order valence-electron chi connectivity index (χ0n) is 19.8. The van der Waals surface area contributed by atoms with Crippen LogP contribution in [0.15, 0.2) is 6.20 Å². The molecule has 1 aromatic heterocycles. The molecular formula is C23H42N4O6. The Morgan fingerprint density at radius 1 is 0.970 bits per heavy atom. The maximum atomic E-state index is 12.1. The van der Waals surface area contributed by atoms with Crippen LogP contribution in [0.25, 0.3) is 0 Å². The topological polar surface area (TPSA) is 150 Å². The second kappa shape index (κ2) is 15.3. The smallest absolute Gasteiger partial charge is 0.220 e. The molecule has 1 saturated heterocycles. The van der Waals surface area contributed by atoms with Crippen LogP contribution in [0.5, 0.6) is 0 Å². The Morgan fingerprint density at radius 2 is 1.58 bits per heavy atom. The number of hydrogen-bond donors (Lipinski definition) is 5. The van der Waals surface area contributed by atoms with Crippen molar-refractivity contribution in [2.45, 2.75) is 121 Å². The van der Waals surface area contributed by atoms with Gasteiger partial charge in [-0.15, -0.1) is 5.10 Å². The molecule has 1 aromatic rings. The molecule has 2 heterocycles. The predicted molar refractivity (Wildman–Crippen MR) is 122 cm³/mol. The highest BCUT2D eigenvalue weighted by atomic mass is 16.6. The minimum Gasteiger partial charge on any atom is -0.394 e. The van der Waals surface area contributed by atoms with Crippen LogP contribution in [0.1, 0.15) is 95.9 Å². The van der Waals surface area contributed by atoms with Crippen molar-refractivity contribution in [3.8, 4) is 0 Å². The number of unbranched alkanes of at least 4 members (excludes halogenated alkanes) is 10. The fraction of sp³-hybridized carbons (Fsp3) is 0.870. The Bertz CT molecular complexity index is 671. The Labute approximate surface area is 196 Å². The van der Waals surface area contributed by atoms with E-state index >= 15 is 0 Å². The summed E-state index contributed by atoms with van der Waals surface area (Å²) in [4.78, 5) is 12.1. The molecule has 0 aromatic carbocycles. The number of nitrogens with zero attached hydrogens (tertiary/aromatic N) is 3. The van der Waals surface area contributed by atoms with Gasteiger partial charge in [0, 0.05) is 6.42 Å². The maximum absolute atomic E-state index is 12.1. The van der Waals surface area contributed by atoms with Gasteiger partial charge < -0.3 is 30.5 Å². The van der Waals surface area contributed by atoms with E-state index in [-0.39, 0.29) is 12.5 Å². The number of ether oxygens (including phenoxy) is 1. The third-order valence-corrected chi connectivity index (χ3v) is 6.16. The van der Waals surface area contributed by atoms with Crippen molar-refractivity contribution in [2.24, 2.45) is 0 Å². The van der Waals surface area contributed by atoms with Crippen LogP contribution in [0.3, 0.4) is 0 Å². The van der Waals surface area contributed by atoms with Gasteiger partial charge >= 0.3 is 0 Å². The van der Waals surface area contributed by atoms with Crippen LogP contribution < -0.4 is 5.32 Å². The van der Waals surface area contributed by atoms with E-state index in [0.717, 1.165) is 19.3 Å². The lowest BCUT2D eigenvalue weighted by molar-refractivity contribution is -0.254. The summed E-state index contributed by atoms with van der Waals surface area (Å²) in [5, 5.41) is 49.9. The van der Waals surface area contributed by atoms with Crippen molar-refractivity contribution in [1.82, 2.24) is 20.3 Å². The normalized spacial score (nSPS) is 25.3. The summed E-state index contributed by atoms with van der Waals surface area (Å²) in [7, 11) is 0. The van der Waals surface area contributed by atoms with E-state index in [9.17, 15) is 25.2 Å². The Kier molecular flexibility index (Phi) is 12.9. The van der Waals surface area contributed by atoms with Gasteiger partial charge in [-0.1, -0.05) is 76.3 Å². The largest absolute Gasteiger partial charge is 0.394 e.